The number of nitrogen functional groups attached to an aromatic ring is 1. The predicted octanol–water partition coefficient (Wildman–Crippen LogP) is 1.79. The lowest BCUT2D eigenvalue weighted by atomic mass is 9.92. The summed E-state index contributed by atoms with van der Waals surface area (Å²) < 4.78 is 0. The third-order valence-electron chi connectivity index (χ3n) is 5.22. The van der Waals surface area contributed by atoms with Gasteiger partial charge in [0.2, 0.25) is 17.8 Å². The van der Waals surface area contributed by atoms with Gasteiger partial charge in [0.15, 0.2) is 0 Å². The van der Waals surface area contributed by atoms with E-state index < -0.39 is 5.92 Å². The van der Waals surface area contributed by atoms with Crippen LogP contribution in [0.3, 0.4) is 0 Å². The Kier molecular flexibility index (Phi) is 5.10. The number of piperidine rings is 1. The molecule has 0 saturated carbocycles. The van der Waals surface area contributed by atoms with Gasteiger partial charge in [-0.1, -0.05) is 30.3 Å². The van der Waals surface area contributed by atoms with Crippen molar-refractivity contribution in [2.24, 2.45) is 0 Å². The van der Waals surface area contributed by atoms with Crippen molar-refractivity contribution in [2.45, 2.75) is 38.1 Å². The predicted molar refractivity (Wildman–Crippen MR) is 107 cm³/mol. The topological polar surface area (TPSA) is 113 Å². The van der Waals surface area contributed by atoms with Crippen LogP contribution in [0.5, 0.6) is 0 Å². The normalized spacial score (nSPS) is 18.9. The molecule has 1 atom stereocenters. The monoisotopic (exact) mass is 380 g/mol. The Hall–Kier alpha value is -3.16. The smallest absolute Gasteiger partial charge is 0.229 e. The van der Waals surface area contributed by atoms with Gasteiger partial charge in [-0.2, -0.15) is 9.97 Å². The van der Waals surface area contributed by atoms with Crippen molar-refractivity contribution in [2.75, 3.05) is 29.0 Å². The molecule has 146 valence electrons. The highest BCUT2D eigenvalue weighted by molar-refractivity contribution is 6.01. The van der Waals surface area contributed by atoms with Crippen LogP contribution in [0.4, 0.5) is 17.6 Å². The number of nitrogens with zero attached hydrogens (tertiary/aromatic N) is 3. The van der Waals surface area contributed by atoms with Gasteiger partial charge in [0.05, 0.1) is 11.5 Å². The van der Waals surface area contributed by atoms with Crippen LogP contribution in [0.15, 0.2) is 30.3 Å². The SMILES string of the molecule is Nc1nc(N2CCCCC2)nc2c1[C@H](C(=O)NCc1ccccc1)CC(=O)N2. The van der Waals surface area contributed by atoms with Crippen LogP contribution in [0.25, 0.3) is 0 Å². The van der Waals surface area contributed by atoms with Gasteiger partial charge < -0.3 is 21.3 Å². The van der Waals surface area contributed by atoms with Crippen LogP contribution < -0.4 is 21.3 Å². The van der Waals surface area contributed by atoms with Crippen molar-refractivity contribution in [1.29, 1.82) is 0 Å². The van der Waals surface area contributed by atoms with Gasteiger partial charge in [-0.05, 0) is 24.8 Å². The van der Waals surface area contributed by atoms with Gasteiger partial charge in [-0.25, -0.2) is 0 Å². The fraction of sp³-hybridized carbons (Fsp3) is 0.400. The minimum atomic E-state index is -0.692. The molecule has 2 aliphatic rings. The molecule has 0 spiro atoms. The number of carbonyl (C=O) groups excluding carboxylic acids is 2. The molecule has 2 aliphatic heterocycles. The standard InChI is InChI=1S/C20H24N6O2/c21-17-16-14(19(28)22-12-13-7-3-1-4-8-13)11-15(27)23-18(16)25-20(24-17)26-9-5-2-6-10-26/h1,3-4,7-8,14H,2,5-6,9-12H2,(H,22,28)(H3,21,23,24,25,27)/t14-/m1/s1. The van der Waals surface area contributed by atoms with Gasteiger partial charge in [0, 0.05) is 26.1 Å². The number of hydrogen-bond donors (Lipinski definition) is 3. The first-order valence-corrected chi connectivity index (χ1v) is 9.65. The first-order chi connectivity index (χ1) is 13.6. The molecular weight excluding hydrogens is 356 g/mol. The molecule has 28 heavy (non-hydrogen) atoms. The largest absolute Gasteiger partial charge is 0.383 e. The number of aromatic nitrogens is 2. The van der Waals surface area contributed by atoms with Crippen LogP contribution >= 0.6 is 0 Å². The first-order valence-electron chi connectivity index (χ1n) is 9.65. The van der Waals surface area contributed by atoms with Crippen LogP contribution in [0.1, 0.15) is 42.7 Å². The molecule has 3 heterocycles. The van der Waals surface area contributed by atoms with E-state index in [9.17, 15) is 9.59 Å². The zero-order valence-corrected chi connectivity index (χ0v) is 15.6. The average Bonchev–Trinajstić information content (AvgIpc) is 2.72. The Balaban J connectivity index is 1.57. The van der Waals surface area contributed by atoms with E-state index in [1.807, 2.05) is 30.3 Å². The second kappa shape index (κ2) is 7.84. The zero-order chi connectivity index (χ0) is 19.5. The molecule has 0 unspecified atom stereocenters. The third-order valence-corrected chi connectivity index (χ3v) is 5.22. The minimum absolute atomic E-state index is 0.0320. The Bertz CT molecular complexity index is 880. The lowest BCUT2D eigenvalue weighted by Gasteiger charge is -2.30. The number of rotatable bonds is 4. The van der Waals surface area contributed by atoms with Crippen molar-refractivity contribution in [1.82, 2.24) is 15.3 Å². The summed E-state index contributed by atoms with van der Waals surface area (Å²) in [6, 6.07) is 9.62. The molecule has 0 bridgehead atoms. The van der Waals surface area contributed by atoms with Crippen molar-refractivity contribution < 1.29 is 9.59 Å². The third kappa shape index (κ3) is 3.76. The van der Waals surface area contributed by atoms with E-state index in [1.165, 1.54) is 6.42 Å². The summed E-state index contributed by atoms with van der Waals surface area (Å²) in [4.78, 5) is 36.1. The van der Waals surface area contributed by atoms with E-state index in [1.54, 1.807) is 0 Å². The van der Waals surface area contributed by atoms with Crippen molar-refractivity contribution in [3.63, 3.8) is 0 Å². The van der Waals surface area contributed by atoms with Crippen molar-refractivity contribution >= 4 is 29.4 Å². The maximum Gasteiger partial charge on any atom is 0.229 e. The van der Waals surface area contributed by atoms with E-state index in [4.69, 9.17) is 5.73 Å². The molecule has 2 aromatic rings. The molecule has 0 radical (unpaired) electrons. The molecule has 4 N–H and O–H groups in total. The number of nitrogens with two attached hydrogens (primary N) is 1. The molecular formula is C20H24N6O2. The Morgan fingerprint density at radius 3 is 2.68 bits per heavy atom. The Labute approximate surface area is 163 Å². The molecule has 8 heteroatoms. The number of hydrogen-bond acceptors (Lipinski definition) is 6. The summed E-state index contributed by atoms with van der Waals surface area (Å²) in [5.74, 6) is -0.0601. The van der Waals surface area contributed by atoms with Crippen LogP contribution in [0.2, 0.25) is 0 Å². The number of amides is 2. The lowest BCUT2D eigenvalue weighted by Crippen LogP contribution is -2.37. The van der Waals surface area contributed by atoms with E-state index in [0.717, 1.165) is 31.5 Å². The van der Waals surface area contributed by atoms with E-state index in [2.05, 4.69) is 25.5 Å². The summed E-state index contributed by atoms with van der Waals surface area (Å²) in [5, 5.41) is 5.66. The van der Waals surface area contributed by atoms with Gasteiger partial charge in [-0.3, -0.25) is 9.59 Å². The molecule has 1 fully saturated rings. The van der Waals surface area contributed by atoms with Gasteiger partial charge in [-0.15, -0.1) is 0 Å². The van der Waals surface area contributed by atoms with Crippen molar-refractivity contribution in [3.8, 4) is 0 Å². The number of benzene rings is 1. The van der Waals surface area contributed by atoms with Gasteiger partial charge in [0.1, 0.15) is 11.6 Å². The summed E-state index contributed by atoms with van der Waals surface area (Å²) in [6.45, 7) is 2.13. The van der Waals surface area contributed by atoms with Crippen LogP contribution in [0, 0.1) is 0 Å². The minimum Gasteiger partial charge on any atom is -0.383 e. The number of nitrogens with one attached hydrogen (secondary N) is 2. The quantitative estimate of drug-likeness (QED) is 0.745. The average molecular weight is 380 g/mol. The molecule has 1 aromatic carbocycles. The highest BCUT2D eigenvalue weighted by Gasteiger charge is 2.35. The lowest BCUT2D eigenvalue weighted by molar-refractivity contribution is -0.126. The first kappa shape index (κ1) is 18.2. The highest BCUT2D eigenvalue weighted by Crippen LogP contribution is 2.36. The van der Waals surface area contributed by atoms with Crippen LogP contribution in [-0.2, 0) is 16.1 Å². The van der Waals surface area contributed by atoms with Crippen LogP contribution in [-0.4, -0.2) is 34.9 Å². The molecule has 8 nitrogen and oxygen atoms in total. The molecule has 1 saturated heterocycles. The number of anilines is 3. The molecule has 4 rings (SSSR count). The number of fused-ring (bicyclic) bond motifs is 1. The fourth-order valence-corrected chi connectivity index (χ4v) is 3.75. The fourth-order valence-electron chi connectivity index (χ4n) is 3.75. The van der Waals surface area contributed by atoms with Crippen molar-refractivity contribution in [3.05, 3.63) is 41.5 Å². The summed E-state index contributed by atoms with van der Waals surface area (Å²) in [6.07, 6.45) is 3.38. The van der Waals surface area contributed by atoms with E-state index in [-0.39, 0.29) is 24.1 Å². The van der Waals surface area contributed by atoms with E-state index >= 15 is 0 Å². The maximum atomic E-state index is 12.8. The molecule has 0 aliphatic carbocycles. The summed E-state index contributed by atoms with van der Waals surface area (Å²) in [7, 11) is 0. The summed E-state index contributed by atoms with van der Waals surface area (Å²) in [5.41, 5.74) is 7.71. The Morgan fingerprint density at radius 2 is 1.93 bits per heavy atom. The molecule has 2 amide bonds. The molecule has 1 aromatic heterocycles. The number of carbonyl (C=O) groups is 2. The van der Waals surface area contributed by atoms with E-state index in [0.29, 0.717) is 23.9 Å². The highest BCUT2D eigenvalue weighted by atomic mass is 16.2. The Morgan fingerprint density at radius 1 is 1.18 bits per heavy atom. The second-order valence-electron chi connectivity index (χ2n) is 7.23. The summed E-state index contributed by atoms with van der Waals surface area (Å²) >= 11 is 0. The van der Waals surface area contributed by atoms with Gasteiger partial charge >= 0.3 is 0 Å². The zero-order valence-electron chi connectivity index (χ0n) is 15.6. The maximum absolute atomic E-state index is 12.8. The van der Waals surface area contributed by atoms with Gasteiger partial charge in [0.25, 0.3) is 0 Å². The second-order valence-corrected chi connectivity index (χ2v) is 7.23.